The molecule has 4 nitrogen and oxygen atoms in total. The Morgan fingerprint density at radius 2 is 2.33 bits per heavy atom. The maximum atomic E-state index is 11.3. The molecule has 0 aromatic carbocycles. The smallest absolute Gasteiger partial charge is 0.309 e. The number of aliphatic hydroxyl groups excluding tert-OH is 1. The van der Waals surface area contributed by atoms with Gasteiger partial charge in [-0.2, -0.15) is 0 Å². The van der Waals surface area contributed by atoms with Gasteiger partial charge in [0.15, 0.2) is 0 Å². The van der Waals surface area contributed by atoms with Crippen LogP contribution in [-0.4, -0.2) is 48.8 Å². The standard InChI is InChI=1S/C11H21NO3/c1-9(11(14)15-2)7-12-6-4-3-5-10(12)8-13/h9-10,13H,3-8H2,1-2H3. The Hall–Kier alpha value is -0.610. The number of hydrogen-bond acceptors (Lipinski definition) is 4. The summed E-state index contributed by atoms with van der Waals surface area (Å²) in [6.45, 7) is 3.73. The highest BCUT2D eigenvalue weighted by Crippen LogP contribution is 2.18. The first kappa shape index (κ1) is 12.5. The number of ether oxygens (including phenoxy) is 1. The number of carbonyl (C=O) groups is 1. The summed E-state index contributed by atoms with van der Waals surface area (Å²) in [4.78, 5) is 13.5. The predicted molar refractivity (Wildman–Crippen MR) is 57.5 cm³/mol. The van der Waals surface area contributed by atoms with Crippen LogP contribution in [0.3, 0.4) is 0 Å². The van der Waals surface area contributed by atoms with E-state index in [1.165, 1.54) is 13.5 Å². The van der Waals surface area contributed by atoms with Crippen LogP contribution in [0.4, 0.5) is 0 Å². The van der Waals surface area contributed by atoms with Gasteiger partial charge in [0.05, 0.1) is 19.6 Å². The molecule has 0 aromatic rings. The van der Waals surface area contributed by atoms with E-state index in [-0.39, 0.29) is 24.5 Å². The van der Waals surface area contributed by atoms with Crippen molar-refractivity contribution in [1.82, 2.24) is 4.90 Å². The van der Waals surface area contributed by atoms with Gasteiger partial charge < -0.3 is 9.84 Å². The Morgan fingerprint density at radius 1 is 1.60 bits per heavy atom. The van der Waals surface area contributed by atoms with E-state index < -0.39 is 0 Å². The van der Waals surface area contributed by atoms with Gasteiger partial charge in [-0.05, 0) is 19.4 Å². The van der Waals surface area contributed by atoms with Gasteiger partial charge in [-0.3, -0.25) is 9.69 Å². The maximum Gasteiger partial charge on any atom is 0.309 e. The SMILES string of the molecule is COC(=O)C(C)CN1CCCCC1CO. The van der Waals surface area contributed by atoms with E-state index in [0.29, 0.717) is 6.54 Å². The molecule has 0 saturated carbocycles. The van der Waals surface area contributed by atoms with Crippen molar-refractivity contribution < 1.29 is 14.6 Å². The second-order valence-electron chi connectivity index (χ2n) is 4.25. The summed E-state index contributed by atoms with van der Waals surface area (Å²) in [5.74, 6) is -0.278. The topological polar surface area (TPSA) is 49.8 Å². The lowest BCUT2D eigenvalue weighted by Gasteiger charge is -2.35. The van der Waals surface area contributed by atoms with Crippen LogP contribution in [0.1, 0.15) is 26.2 Å². The van der Waals surface area contributed by atoms with Crippen molar-refractivity contribution in [3.8, 4) is 0 Å². The Kier molecular flexibility index (Phi) is 5.05. The van der Waals surface area contributed by atoms with Crippen LogP contribution in [0.25, 0.3) is 0 Å². The zero-order chi connectivity index (χ0) is 11.3. The van der Waals surface area contributed by atoms with Crippen molar-refractivity contribution in [2.45, 2.75) is 32.2 Å². The number of hydrogen-bond donors (Lipinski definition) is 1. The van der Waals surface area contributed by atoms with E-state index in [4.69, 9.17) is 4.74 Å². The zero-order valence-electron chi connectivity index (χ0n) is 9.61. The van der Waals surface area contributed by atoms with Gasteiger partial charge in [0.1, 0.15) is 0 Å². The molecule has 1 aliphatic heterocycles. The maximum absolute atomic E-state index is 11.3. The van der Waals surface area contributed by atoms with Crippen LogP contribution < -0.4 is 0 Å². The molecule has 4 heteroatoms. The second-order valence-corrected chi connectivity index (χ2v) is 4.25. The van der Waals surface area contributed by atoms with Crippen molar-refractivity contribution >= 4 is 5.97 Å². The lowest BCUT2D eigenvalue weighted by atomic mass is 10.0. The summed E-state index contributed by atoms with van der Waals surface area (Å²) >= 11 is 0. The predicted octanol–water partition coefficient (Wildman–Crippen LogP) is 0.642. The van der Waals surface area contributed by atoms with Crippen LogP contribution in [0.2, 0.25) is 0 Å². The Balaban J connectivity index is 2.43. The molecular weight excluding hydrogens is 194 g/mol. The zero-order valence-corrected chi connectivity index (χ0v) is 9.61. The number of carbonyl (C=O) groups excluding carboxylic acids is 1. The van der Waals surface area contributed by atoms with Gasteiger partial charge in [-0.1, -0.05) is 13.3 Å². The molecule has 1 saturated heterocycles. The Labute approximate surface area is 91.2 Å². The fourth-order valence-corrected chi connectivity index (χ4v) is 2.13. The summed E-state index contributed by atoms with van der Waals surface area (Å²) in [6, 6.07) is 0.228. The molecule has 15 heavy (non-hydrogen) atoms. The number of nitrogens with zero attached hydrogens (tertiary/aromatic N) is 1. The molecule has 0 bridgehead atoms. The van der Waals surface area contributed by atoms with Crippen LogP contribution in [-0.2, 0) is 9.53 Å². The summed E-state index contributed by atoms with van der Waals surface area (Å²) in [6.07, 6.45) is 3.36. The normalized spacial score (nSPS) is 24.9. The molecule has 1 heterocycles. The molecule has 1 rings (SSSR count). The molecule has 0 spiro atoms. The van der Waals surface area contributed by atoms with Gasteiger partial charge >= 0.3 is 5.97 Å². The minimum Gasteiger partial charge on any atom is -0.469 e. The van der Waals surface area contributed by atoms with E-state index >= 15 is 0 Å². The average molecular weight is 215 g/mol. The summed E-state index contributed by atoms with van der Waals surface area (Å²) in [5.41, 5.74) is 0. The third-order valence-electron chi connectivity index (χ3n) is 3.07. The molecule has 88 valence electrons. The van der Waals surface area contributed by atoms with Gasteiger partial charge in [0, 0.05) is 12.6 Å². The van der Waals surface area contributed by atoms with Gasteiger partial charge in [-0.25, -0.2) is 0 Å². The number of esters is 1. The van der Waals surface area contributed by atoms with Crippen LogP contribution >= 0.6 is 0 Å². The second kappa shape index (κ2) is 6.08. The fourth-order valence-electron chi connectivity index (χ4n) is 2.13. The first-order chi connectivity index (χ1) is 7.19. The first-order valence-electron chi connectivity index (χ1n) is 5.61. The van der Waals surface area contributed by atoms with Gasteiger partial charge in [0.25, 0.3) is 0 Å². The van der Waals surface area contributed by atoms with Crippen LogP contribution in [0, 0.1) is 5.92 Å². The Bertz CT molecular complexity index is 208. The molecular formula is C11H21NO3. The highest BCUT2D eigenvalue weighted by Gasteiger charge is 2.25. The highest BCUT2D eigenvalue weighted by molar-refractivity contribution is 5.72. The largest absolute Gasteiger partial charge is 0.469 e. The molecule has 1 N–H and O–H groups in total. The number of aliphatic hydroxyl groups is 1. The molecule has 2 unspecified atom stereocenters. The van der Waals surface area contributed by atoms with Gasteiger partial charge in [-0.15, -0.1) is 0 Å². The average Bonchev–Trinajstić information content (AvgIpc) is 2.28. The van der Waals surface area contributed by atoms with Crippen molar-refractivity contribution in [2.24, 2.45) is 5.92 Å². The fraction of sp³-hybridized carbons (Fsp3) is 0.909. The third-order valence-corrected chi connectivity index (χ3v) is 3.07. The minimum atomic E-state index is -0.169. The van der Waals surface area contributed by atoms with Gasteiger partial charge in [0.2, 0.25) is 0 Å². The van der Waals surface area contributed by atoms with Crippen LogP contribution in [0.5, 0.6) is 0 Å². The quantitative estimate of drug-likeness (QED) is 0.699. The summed E-state index contributed by atoms with van der Waals surface area (Å²) < 4.78 is 4.69. The molecule has 0 amide bonds. The van der Waals surface area contributed by atoms with Crippen molar-refractivity contribution in [2.75, 3.05) is 26.8 Å². The minimum absolute atomic E-state index is 0.109. The van der Waals surface area contributed by atoms with Crippen molar-refractivity contribution in [1.29, 1.82) is 0 Å². The third kappa shape index (κ3) is 3.47. The lowest BCUT2D eigenvalue weighted by Crippen LogP contribution is -2.45. The highest BCUT2D eigenvalue weighted by atomic mass is 16.5. The van der Waals surface area contributed by atoms with E-state index in [2.05, 4.69) is 4.90 Å². The van der Waals surface area contributed by atoms with E-state index in [1.54, 1.807) is 0 Å². The molecule has 0 radical (unpaired) electrons. The molecule has 2 atom stereocenters. The van der Waals surface area contributed by atoms with Crippen molar-refractivity contribution in [3.05, 3.63) is 0 Å². The molecule has 1 aliphatic rings. The first-order valence-corrected chi connectivity index (χ1v) is 5.61. The Morgan fingerprint density at radius 3 is 2.93 bits per heavy atom. The number of rotatable bonds is 4. The number of likely N-dealkylation sites (tertiary alicyclic amines) is 1. The summed E-state index contributed by atoms with van der Waals surface area (Å²) in [7, 11) is 1.42. The lowest BCUT2D eigenvalue weighted by molar-refractivity contribution is -0.145. The molecule has 0 aromatic heterocycles. The van der Waals surface area contributed by atoms with E-state index in [0.717, 1.165) is 19.4 Å². The number of piperidine rings is 1. The van der Waals surface area contributed by atoms with Crippen LogP contribution in [0.15, 0.2) is 0 Å². The van der Waals surface area contributed by atoms with Crippen molar-refractivity contribution in [3.63, 3.8) is 0 Å². The monoisotopic (exact) mass is 215 g/mol. The molecule has 1 fully saturated rings. The van der Waals surface area contributed by atoms with E-state index in [9.17, 15) is 9.90 Å². The molecule has 0 aliphatic carbocycles. The van der Waals surface area contributed by atoms with E-state index in [1.807, 2.05) is 6.92 Å². The summed E-state index contributed by atoms with van der Waals surface area (Å²) in [5, 5.41) is 9.21. The number of methoxy groups -OCH3 is 1.